The van der Waals surface area contributed by atoms with E-state index in [1.807, 2.05) is 0 Å². The van der Waals surface area contributed by atoms with Gasteiger partial charge in [0, 0.05) is 37.5 Å². The maximum atomic E-state index is 13.5. The Morgan fingerprint density at radius 3 is 2.47 bits per heavy atom. The molecule has 0 saturated carbocycles. The normalized spacial score (nSPS) is 11.5. The number of nitrogens with zero attached hydrogens (tertiary/aromatic N) is 2. The summed E-state index contributed by atoms with van der Waals surface area (Å²) in [7, 11) is 3.36. The molecule has 1 heterocycles. The van der Waals surface area contributed by atoms with Gasteiger partial charge < -0.3 is 20.3 Å². The van der Waals surface area contributed by atoms with Crippen molar-refractivity contribution in [3.63, 3.8) is 0 Å². The van der Waals surface area contributed by atoms with Crippen molar-refractivity contribution in [2.45, 2.75) is 19.6 Å². The van der Waals surface area contributed by atoms with Crippen LogP contribution in [-0.4, -0.2) is 35.8 Å². The van der Waals surface area contributed by atoms with E-state index in [4.69, 9.17) is 4.74 Å². The zero-order chi connectivity index (χ0) is 26.3. The number of nitrogens with one attached hydrogen (secondary N) is 2. The van der Waals surface area contributed by atoms with Crippen LogP contribution in [0.1, 0.15) is 23.6 Å². The Morgan fingerprint density at radius 1 is 1.03 bits per heavy atom. The van der Waals surface area contributed by atoms with Crippen LogP contribution in [-0.2, 0) is 22.3 Å². The number of aromatic nitrogens is 1. The average Bonchev–Trinajstić information content (AvgIpc) is 2.78. The molecule has 0 spiro atoms. The summed E-state index contributed by atoms with van der Waals surface area (Å²) in [6.45, 7) is 1.49. The molecule has 0 unspecified atom stereocenters. The first-order valence-electron chi connectivity index (χ1n) is 10.8. The van der Waals surface area contributed by atoms with Crippen LogP contribution in [0.15, 0.2) is 66.9 Å². The maximum Gasteiger partial charge on any atom is 0.416 e. The van der Waals surface area contributed by atoms with Gasteiger partial charge in [-0.1, -0.05) is 18.2 Å². The molecule has 0 fully saturated rings. The fourth-order valence-corrected chi connectivity index (χ4v) is 3.29. The third-order valence-electron chi connectivity index (χ3n) is 4.73. The van der Waals surface area contributed by atoms with Crippen molar-refractivity contribution in [2.24, 2.45) is 0 Å². The van der Waals surface area contributed by atoms with Gasteiger partial charge in [-0.25, -0.2) is 4.98 Å². The third-order valence-corrected chi connectivity index (χ3v) is 4.73. The Kier molecular flexibility index (Phi) is 8.44. The smallest absolute Gasteiger partial charge is 0.416 e. The molecule has 2 N–H and O–H groups in total. The van der Waals surface area contributed by atoms with E-state index in [0.29, 0.717) is 22.9 Å². The SMILES string of the molecule is CC(=O)Nc1cc(Oc2cccc(/C=C/C(=O)Nc3ccc(CN(C)C)c(C(F)(F)F)c3)c2)ccn1. The summed E-state index contributed by atoms with van der Waals surface area (Å²) < 4.78 is 46.2. The van der Waals surface area contributed by atoms with E-state index >= 15 is 0 Å². The largest absolute Gasteiger partial charge is 0.457 e. The molecule has 7 nitrogen and oxygen atoms in total. The number of hydrogen-bond donors (Lipinski definition) is 2. The first kappa shape index (κ1) is 26.4. The van der Waals surface area contributed by atoms with Gasteiger partial charge in [0.1, 0.15) is 17.3 Å². The Balaban J connectivity index is 1.69. The summed E-state index contributed by atoms with van der Waals surface area (Å²) in [5.41, 5.74) is 0.0113. The lowest BCUT2D eigenvalue weighted by atomic mass is 10.1. The Morgan fingerprint density at radius 2 is 1.78 bits per heavy atom. The summed E-state index contributed by atoms with van der Waals surface area (Å²) in [5.74, 6) is 0.430. The van der Waals surface area contributed by atoms with Crippen molar-refractivity contribution in [1.29, 1.82) is 0 Å². The number of benzene rings is 2. The minimum atomic E-state index is -4.54. The van der Waals surface area contributed by atoms with Crippen LogP contribution in [0.4, 0.5) is 24.7 Å². The van der Waals surface area contributed by atoms with Gasteiger partial charge in [0.15, 0.2) is 0 Å². The number of hydrogen-bond acceptors (Lipinski definition) is 5. The lowest BCUT2D eigenvalue weighted by Crippen LogP contribution is -2.17. The van der Waals surface area contributed by atoms with Crippen molar-refractivity contribution in [3.05, 3.63) is 83.6 Å². The van der Waals surface area contributed by atoms with Gasteiger partial charge in [0.05, 0.1) is 5.56 Å². The molecule has 10 heteroatoms. The molecule has 0 aliphatic heterocycles. The van der Waals surface area contributed by atoms with E-state index in [-0.39, 0.29) is 23.7 Å². The van der Waals surface area contributed by atoms with Crippen LogP contribution >= 0.6 is 0 Å². The first-order valence-corrected chi connectivity index (χ1v) is 10.8. The highest BCUT2D eigenvalue weighted by atomic mass is 19.4. The van der Waals surface area contributed by atoms with Crippen molar-refractivity contribution in [1.82, 2.24) is 9.88 Å². The predicted octanol–water partition coefficient (Wildman–Crippen LogP) is 5.56. The van der Waals surface area contributed by atoms with E-state index in [9.17, 15) is 22.8 Å². The van der Waals surface area contributed by atoms with Crippen LogP contribution in [0.25, 0.3) is 6.08 Å². The summed E-state index contributed by atoms with van der Waals surface area (Å²) in [5, 5.41) is 5.04. The van der Waals surface area contributed by atoms with Crippen LogP contribution in [0.2, 0.25) is 0 Å². The third kappa shape index (κ3) is 7.95. The van der Waals surface area contributed by atoms with Crippen molar-refractivity contribution in [3.8, 4) is 11.5 Å². The predicted molar refractivity (Wildman–Crippen MR) is 132 cm³/mol. The number of carbonyl (C=O) groups excluding carboxylic acids is 2. The highest BCUT2D eigenvalue weighted by Gasteiger charge is 2.33. The molecule has 1 aromatic heterocycles. The number of pyridine rings is 1. The Hall–Kier alpha value is -4.18. The van der Waals surface area contributed by atoms with Gasteiger partial charge in [-0.2, -0.15) is 13.2 Å². The summed E-state index contributed by atoms with van der Waals surface area (Å²) in [4.78, 5) is 29.2. The molecule has 0 bridgehead atoms. The zero-order valence-electron chi connectivity index (χ0n) is 19.9. The van der Waals surface area contributed by atoms with Crippen molar-refractivity contribution >= 4 is 29.4 Å². The first-order chi connectivity index (χ1) is 17.0. The van der Waals surface area contributed by atoms with Gasteiger partial charge >= 0.3 is 6.18 Å². The second kappa shape index (κ2) is 11.5. The van der Waals surface area contributed by atoms with Crippen LogP contribution in [0.5, 0.6) is 11.5 Å². The number of rotatable bonds is 8. The minimum absolute atomic E-state index is 0.0456. The highest BCUT2D eigenvalue weighted by molar-refractivity contribution is 6.02. The molecule has 2 amide bonds. The average molecular weight is 499 g/mol. The number of halogens is 3. The van der Waals surface area contributed by atoms with E-state index < -0.39 is 17.6 Å². The molecule has 188 valence electrons. The van der Waals surface area contributed by atoms with E-state index in [1.54, 1.807) is 55.4 Å². The number of alkyl halides is 3. The molecular weight excluding hydrogens is 473 g/mol. The minimum Gasteiger partial charge on any atom is -0.457 e. The van der Waals surface area contributed by atoms with Gasteiger partial charge in [0.2, 0.25) is 11.8 Å². The van der Waals surface area contributed by atoms with Crippen molar-refractivity contribution in [2.75, 3.05) is 24.7 Å². The number of ether oxygens (including phenoxy) is 1. The van der Waals surface area contributed by atoms with Gasteiger partial charge in [-0.3, -0.25) is 9.59 Å². The molecule has 3 rings (SSSR count). The number of carbonyl (C=O) groups is 2. The molecule has 0 radical (unpaired) electrons. The molecule has 0 aliphatic carbocycles. The topological polar surface area (TPSA) is 83.6 Å². The second-order valence-corrected chi connectivity index (χ2v) is 8.16. The molecule has 2 aromatic carbocycles. The molecular formula is C26H25F3N4O3. The van der Waals surface area contributed by atoms with Gasteiger partial charge in [-0.15, -0.1) is 0 Å². The van der Waals surface area contributed by atoms with Crippen LogP contribution < -0.4 is 15.4 Å². The maximum absolute atomic E-state index is 13.5. The monoisotopic (exact) mass is 498 g/mol. The fraction of sp³-hybridized carbons (Fsp3) is 0.192. The number of anilines is 2. The number of amides is 2. The lowest BCUT2D eigenvalue weighted by Gasteiger charge is -2.17. The molecule has 3 aromatic rings. The fourth-order valence-electron chi connectivity index (χ4n) is 3.29. The van der Waals surface area contributed by atoms with E-state index in [2.05, 4.69) is 15.6 Å². The van der Waals surface area contributed by atoms with Crippen LogP contribution in [0, 0.1) is 0 Å². The van der Waals surface area contributed by atoms with Crippen LogP contribution in [0.3, 0.4) is 0 Å². The highest BCUT2D eigenvalue weighted by Crippen LogP contribution is 2.34. The van der Waals surface area contributed by atoms with E-state index in [0.717, 1.165) is 6.07 Å². The summed E-state index contributed by atoms with van der Waals surface area (Å²) in [6.07, 6.45) is -0.310. The quantitative estimate of drug-likeness (QED) is 0.397. The Bertz CT molecular complexity index is 1270. The van der Waals surface area contributed by atoms with E-state index in [1.165, 1.54) is 37.4 Å². The standard InChI is InChI=1S/C26H25F3N4O3/c1-17(34)31-24-15-22(11-12-30-24)36-21-6-4-5-18(13-21)7-10-25(35)32-20-9-8-19(16-33(2)3)23(14-20)26(27,28)29/h4-15H,16H2,1-3H3,(H,32,35)(H,30,31,34)/b10-7+. The molecule has 0 atom stereocenters. The lowest BCUT2D eigenvalue weighted by molar-refractivity contribution is -0.138. The van der Waals surface area contributed by atoms with Crippen molar-refractivity contribution < 1.29 is 27.5 Å². The Labute approximate surface area is 206 Å². The van der Waals surface area contributed by atoms with Gasteiger partial charge in [0.25, 0.3) is 0 Å². The summed E-state index contributed by atoms with van der Waals surface area (Å²) in [6, 6.07) is 13.8. The molecule has 0 saturated heterocycles. The molecule has 0 aliphatic rings. The van der Waals surface area contributed by atoms with Gasteiger partial charge in [-0.05, 0) is 61.6 Å². The molecule has 36 heavy (non-hydrogen) atoms. The second-order valence-electron chi connectivity index (χ2n) is 8.16. The summed E-state index contributed by atoms with van der Waals surface area (Å²) >= 11 is 0. The zero-order valence-corrected chi connectivity index (χ0v) is 19.9.